The molecular formula is C29H28ClF2N3O5. The molecule has 1 aliphatic carbocycles. The van der Waals surface area contributed by atoms with E-state index in [0.29, 0.717) is 23.4 Å². The van der Waals surface area contributed by atoms with Crippen molar-refractivity contribution < 1.29 is 28.2 Å². The Morgan fingerprint density at radius 2 is 1.82 bits per heavy atom. The molecule has 2 atom stereocenters. The molecule has 2 N–H and O–H groups in total. The second-order valence-electron chi connectivity index (χ2n) is 9.95. The highest BCUT2D eigenvalue weighted by molar-refractivity contribution is 6.30. The number of benzene rings is 2. The number of rotatable bonds is 7. The Balaban J connectivity index is 1.62. The summed E-state index contributed by atoms with van der Waals surface area (Å²) in [4.78, 5) is 42.0. The first-order valence-electron chi connectivity index (χ1n) is 12.9. The van der Waals surface area contributed by atoms with Gasteiger partial charge in [0.1, 0.15) is 29.1 Å². The number of aliphatic hydroxyl groups excluding tert-OH is 1. The summed E-state index contributed by atoms with van der Waals surface area (Å²) in [5.74, 6) is -4.39. The molecule has 1 saturated heterocycles. The zero-order chi connectivity index (χ0) is 28.7. The predicted molar refractivity (Wildman–Crippen MR) is 145 cm³/mol. The van der Waals surface area contributed by atoms with E-state index in [0.717, 1.165) is 29.8 Å². The number of hydrogen-bond acceptors (Lipinski definition) is 5. The Morgan fingerprint density at radius 3 is 2.45 bits per heavy atom. The van der Waals surface area contributed by atoms with E-state index in [-0.39, 0.29) is 36.7 Å². The number of fused-ring (bicyclic) bond motifs is 1. The summed E-state index contributed by atoms with van der Waals surface area (Å²) in [5.41, 5.74) is 1.77. The van der Waals surface area contributed by atoms with E-state index in [1.165, 1.54) is 40.8 Å². The van der Waals surface area contributed by atoms with Gasteiger partial charge in [-0.05, 0) is 61.6 Å². The van der Waals surface area contributed by atoms with Crippen molar-refractivity contribution in [3.63, 3.8) is 0 Å². The summed E-state index contributed by atoms with van der Waals surface area (Å²) >= 11 is 5.93. The van der Waals surface area contributed by atoms with E-state index < -0.39 is 46.5 Å². The smallest absolute Gasteiger partial charge is 0.275 e. The Kier molecular flexibility index (Phi) is 7.65. The minimum atomic E-state index is -1.38. The lowest BCUT2D eigenvalue weighted by molar-refractivity contribution is -0.118. The number of ether oxygens (including phenoxy) is 1. The molecule has 1 aliphatic heterocycles. The van der Waals surface area contributed by atoms with Crippen LogP contribution in [0, 0.1) is 18.6 Å². The molecule has 0 unspecified atom stereocenters. The Hall–Kier alpha value is -3.76. The van der Waals surface area contributed by atoms with E-state index in [9.17, 15) is 19.5 Å². The lowest BCUT2D eigenvalue weighted by Gasteiger charge is -2.23. The van der Waals surface area contributed by atoms with Gasteiger partial charge >= 0.3 is 0 Å². The Morgan fingerprint density at radius 1 is 1.15 bits per heavy atom. The number of methoxy groups -OCH3 is 1. The van der Waals surface area contributed by atoms with Crippen LogP contribution in [0.4, 0.5) is 14.5 Å². The van der Waals surface area contributed by atoms with Crippen LogP contribution < -0.4 is 20.5 Å². The van der Waals surface area contributed by atoms with Crippen molar-refractivity contribution in [3.8, 4) is 5.75 Å². The largest absolute Gasteiger partial charge is 0.497 e. The van der Waals surface area contributed by atoms with Gasteiger partial charge in [-0.2, -0.15) is 0 Å². The number of pyridine rings is 1. The summed E-state index contributed by atoms with van der Waals surface area (Å²) in [5, 5.41) is 12.7. The van der Waals surface area contributed by atoms with Crippen LogP contribution in [0.15, 0.2) is 41.2 Å². The highest BCUT2D eigenvalue weighted by Gasteiger charge is 2.46. The lowest BCUT2D eigenvalue weighted by Crippen LogP contribution is -2.45. The molecule has 2 heterocycles. The van der Waals surface area contributed by atoms with Crippen molar-refractivity contribution >= 4 is 29.1 Å². The number of aliphatic hydroxyl groups is 1. The zero-order valence-corrected chi connectivity index (χ0v) is 22.7. The average molecular weight is 572 g/mol. The fourth-order valence-corrected chi connectivity index (χ4v) is 5.98. The number of hydrogen-bond donors (Lipinski definition) is 2. The third kappa shape index (κ3) is 4.75. The van der Waals surface area contributed by atoms with Gasteiger partial charge in [0.15, 0.2) is 0 Å². The van der Waals surface area contributed by atoms with E-state index in [1.807, 2.05) is 0 Å². The zero-order valence-electron chi connectivity index (χ0n) is 22.0. The van der Waals surface area contributed by atoms with Crippen LogP contribution in [0.1, 0.15) is 45.1 Å². The first-order chi connectivity index (χ1) is 19.2. The van der Waals surface area contributed by atoms with Gasteiger partial charge in [0.05, 0.1) is 13.7 Å². The molecule has 40 heavy (non-hydrogen) atoms. The molecule has 210 valence electrons. The van der Waals surface area contributed by atoms with Crippen LogP contribution >= 0.6 is 11.6 Å². The summed E-state index contributed by atoms with van der Waals surface area (Å²) in [7, 11) is 1.28. The maximum Gasteiger partial charge on any atom is 0.275 e. The van der Waals surface area contributed by atoms with Crippen molar-refractivity contribution in [1.82, 2.24) is 9.88 Å². The van der Waals surface area contributed by atoms with Gasteiger partial charge in [0.2, 0.25) is 5.91 Å². The Bertz CT molecular complexity index is 1530. The normalized spacial score (nSPS) is 18.2. The van der Waals surface area contributed by atoms with Crippen molar-refractivity contribution in [2.24, 2.45) is 0 Å². The first kappa shape index (κ1) is 27.8. The van der Waals surface area contributed by atoms with Crippen molar-refractivity contribution in [3.05, 3.63) is 91.4 Å². The number of amides is 2. The van der Waals surface area contributed by atoms with E-state index in [1.54, 1.807) is 6.92 Å². The van der Waals surface area contributed by atoms with Gasteiger partial charge in [-0.3, -0.25) is 14.4 Å². The SMILES string of the molecule is COc1cc(F)c([C@@H]2CN(c3c(C)c4c(n(CCO)c3=O)CCC4)C(=O)[C@H]2NC(=O)c2ccc(Cl)cc2)c(F)c1. The van der Waals surface area contributed by atoms with Crippen molar-refractivity contribution in [1.29, 1.82) is 0 Å². The molecule has 2 amide bonds. The van der Waals surface area contributed by atoms with Gasteiger partial charge in [-0.25, -0.2) is 8.78 Å². The number of nitrogens with one attached hydrogen (secondary N) is 1. The quantitative estimate of drug-likeness (QED) is 0.452. The van der Waals surface area contributed by atoms with Gasteiger partial charge < -0.3 is 24.6 Å². The molecule has 8 nitrogen and oxygen atoms in total. The fourth-order valence-electron chi connectivity index (χ4n) is 5.85. The van der Waals surface area contributed by atoms with Crippen molar-refractivity contribution in [2.45, 2.75) is 44.7 Å². The molecular weight excluding hydrogens is 544 g/mol. The van der Waals surface area contributed by atoms with E-state index >= 15 is 8.78 Å². The third-order valence-corrected chi connectivity index (χ3v) is 7.98. The minimum Gasteiger partial charge on any atom is -0.497 e. The van der Waals surface area contributed by atoms with Gasteiger partial charge in [0, 0.05) is 53.0 Å². The van der Waals surface area contributed by atoms with Crippen LogP contribution in [-0.4, -0.2) is 47.8 Å². The number of halogens is 3. The minimum absolute atomic E-state index is 0.0389. The summed E-state index contributed by atoms with van der Waals surface area (Å²) < 4.78 is 37.1. The van der Waals surface area contributed by atoms with E-state index in [4.69, 9.17) is 16.3 Å². The van der Waals surface area contributed by atoms with E-state index in [2.05, 4.69) is 5.32 Å². The van der Waals surface area contributed by atoms with Gasteiger partial charge in [-0.1, -0.05) is 11.6 Å². The van der Waals surface area contributed by atoms with Crippen LogP contribution in [0.2, 0.25) is 5.02 Å². The lowest BCUT2D eigenvalue weighted by atomic mass is 9.92. The fraction of sp³-hybridized carbons (Fsp3) is 0.345. The summed E-state index contributed by atoms with van der Waals surface area (Å²) in [6, 6.07) is 6.61. The number of anilines is 1. The van der Waals surface area contributed by atoms with Crippen LogP contribution in [-0.2, 0) is 24.2 Å². The molecule has 11 heteroatoms. The highest BCUT2D eigenvalue weighted by atomic mass is 35.5. The molecule has 5 rings (SSSR count). The van der Waals surface area contributed by atoms with Crippen molar-refractivity contribution in [2.75, 3.05) is 25.2 Å². The van der Waals surface area contributed by atoms with Crippen LogP contribution in [0.5, 0.6) is 5.75 Å². The monoisotopic (exact) mass is 571 g/mol. The second-order valence-corrected chi connectivity index (χ2v) is 10.4. The molecule has 0 bridgehead atoms. The topological polar surface area (TPSA) is 101 Å². The maximum absolute atomic E-state index is 15.3. The van der Waals surface area contributed by atoms with Crippen LogP contribution in [0.3, 0.4) is 0 Å². The predicted octanol–water partition coefficient (Wildman–Crippen LogP) is 3.51. The molecule has 0 radical (unpaired) electrons. The van der Waals surface area contributed by atoms with Crippen LogP contribution in [0.25, 0.3) is 0 Å². The molecule has 3 aromatic rings. The third-order valence-electron chi connectivity index (χ3n) is 7.73. The van der Waals surface area contributed by atoms with Gasteiger partial charge in [0.25, 0.3) is 11.5 Å². The number of aromatic nitrogens is 1. The number of carbonyl (C=O) groups is 2. The molecule has 2 aliphatic rings. The maximum atomic E-state index is 15.3. The first-order valence-corrected chi connectivity index (χ1v) is 13.3. The summed E-state index contributed by atoms with van der Waals surface area (Å²) in [6.07, 6.45) is 2.19. The summed E-state index contributed by atoms with van der Waals surface area (Å²) in [6.45, 7) is 1.28. The number of nitrogens with zero attached hydrogens (tertiary/aromatic N) is 2. The average Bonchev–Trinajstić information content (AvgIpc) is 3.53. The second kappa shape index (κ2) is 11.0. The highest BCUT2D eigenvalue weighted by Crippen LogP contribution is 2.38. The number of carbonyl (C=O) groups excluding carboxylic acids is 2. The van der Waals surface area contributed by atoms with Gasteiger partial charge in [-0.15, -0.1) is 0 Å². The molecule has 0 spiro atoms. The standard InChI is InChI=1S/C29H28ClF2N3O5/c1-15-19-4-3-5-23(19)34(10-11-36)29(39)26(15)35-14-20(24-21(31)12-18(40-2)13-22(24)32)25(28(35)38)33-27(37)16-6-8-17(30)9-7-16/h6-9,12-13,20,25,36H,3-5,10-11,14H2,1-2H3,(H,33,37)/t20-,25-/m0/s1. The Labute approximate surface area is 234 Å². The molecule has 2 aromatic carbocycles. The molecule has 1 fully saturated rings. The molecule has 0 saturated carbocycles. The molecule has 1 aromatic heterocycles.